The van der Waals surface area contributed by atoms with Crippen LogP contribution in [0.5, 0.6) is 0 Å². The number of carboxylic acids is 1. The Morgan fingerprint density at radius 1 is 1.23 bits per heavy atom. The van der Waals surface area contributed by atoms with Gasteiger partial charge in [-0.05, 0) is 38.2 Å². The molecule has 0 radical (unpaired) electrons. The van der Waals surface area contributed by atoms with Crippen LogP contribution in [-0.4, -0.2) is 31.6 Å². The monoisotopic (exact) mass is 439 g/mol. The van der Waals surface area contributed by atoms with Crippen molar-refractivity contribution in [3.05, 3.63) is 46.0 Å². The Labute approximate surface area is 178 Å². The molecule has 1 aliphatic rings. The maximum Gasteiger partial charge on any atom is 0.306 e. The van der Waals surface area contributed by atoms with Gasteiger partial charge in [0.2, 0.25) is 0 Å². The minimum Gasteiger partial charge on any atom is -0.481 e. The summed E-state index contributed by atoms with van der Waals surface area (Å²) in [6.07, 6.45) is 5.88. The van der Waals surface area contributed by atoms with E-state index in [1.165, 1.54) is 23.3 Å². The van der Waals surface area contributed by atoms with Crippen LogP contribution in [0, 0.1) is 12.8 Å². The van der Waals surface area contributed by atoms with Gasteiger partial charge in [0.1, 0.15) is 5.69 Å². The number of aromatic nitrogens is 3. The van der Waals surface area contributed by atoms with Crippen LogP contribution >= 0.6 is 11.6 Å². The number of hydrogen-bond acceptors (Lipinski definition) is 4. The number of halogens is 3. The van der Waals surface area contributed by atoms with E-state index in [2.05, 4.69) is 10.1 Å². The number of carbonyl (C=O) groups is 2. The fourth-order valence-electron chi connectivity index (χ4n) is 4.19. The van der Waals surface area contributed by atoms with Gasteiger partial charge in [-0.25, -0.2) is 0 Å². The molecule has 3 rings (SSSR count). The van der Waals surface area contributed by atoms with Crippen molar-refractivity contribution < 1.29 is 23.5 Å². The summed E-state index contributed by atoms with van der Waals surface area (Å²) >= 11 is 6.15. The summed E-state index contributed by atoms with van der Waals surface area (Å²) in [6, 6.07) is -0.330. The molecule has 2 aromatic heterocycles. The first kappa shape index (κ1) is 22.3. The minimum absolute atomic E-state index is 0.153. The standard InChI is InChI=1S/C21H24ClF2N3O3/c1-11-8-25-10-16(22)17(11)18(28)12(2)15-9-26-27(19(15)21(3,23)24)14-6-4-13(5-7-14)20(29)30/h8-10,12-14H,4-7H2,1-3H3,(H,29,30)/t12-,13?,14?/m0/s1. The van der Waals surface area contributed by atoms with E-state index < -0.39 is 23.7 Å². The summed E-state index contributed by atoms with van der Waals surface area (Å²) in [5, 5.41) is 13.6. The molecule has 0 aromatic carbocycles. The smallest absolute Gasteiger partial charge is 0.306 e. The quantitative estimate of drug-likeness (QED) is 0.629. The molecule has 0 bridgehead atoms. The number of Topliss-reactive ketones (excluding diaryl/α,β-unsaturated/α-hetero) is 1. The highest BCUT2D eigenvalue weighted by Crippen LogP contribution is 2.40. The van der Waals surface area contributed by atoms with Gasteiger partial charge >= 0.3 is 5.97 Å². The van der Waals surface area contributed by atoms with Crippen LogP contribution in [0.4, 0.5) is 8.78 Å². The van der Waals surface area contributed by atoms with Gasteiger partial charge in [-0.15, -0.1) is 0 Å². The van der Waals surface area contributed by atoms with Gasteiger partial charge in [0.25, 0.3) is 5.92 Å². The van der Waals surface area contributed by atoms with Crippen LogP contribution < -0.4 is 0 Å². The largest absolute Gasteiger partial charge is 0.481 e. The average molecular weight is 440 g/mol. The second-order valence-electron chi connectivity index (χ2n) is 8.02. The van der Waals surface area contributed by atoms with E-state index in [1.807, 2.05) is 0 Å². The Hall–Kier alpha value is -2.35. The number of ketones is 1. The second-order valence-corrected chi connectivity index (χ2v) is 8.43. The molecule has 1 N–H and O–H groups in total. The van der Waals surface area contributed by atoms with Gasteiger partial charge in [-0.1, -0.05) is 18.5 Å². The summed E-state index contributed by atoms with van der Waals surface area (Å²) < 4.78 is 30.6. The summed E-state index contributed by atoms with van der Waals surface area (Å²) in [5.74, 6) is -5.80. The molecule has 1 saturated carbocycles. The molecule has 0 unspecified atom stereocenters. The lowest BCUT2D eigenvalue weighted by Crippen LogP contribution is -2.28. The molecule has 9 heteroatoms. The van der Waals surface area contributed by atoms with Gasteiger partial charge in [0, 0.05) is 36.4 Å². The van der Waals surface area contributed by atoms with Gasteiger partial charge in [0.05, 0.1) is 23.2 Å². The van der Waals surface area contributed by atoms with E-state index in [9.17, 15) is 23.5 Å². The Bertz CT molecular complexity index is 943. The molecule has 0 amide bonds. The first-order chi connectivity index (χ1) is 14.0. The Balaban J connectivity index is 1.96. The fraction of sp³-hybridized carbons (Fsp3) is 0.524. The highest BCUT2D eigenvalue weighted by Gasteiger charge is 2.39. The number of carboxylic acid groups (broad SMARTS) is 1. The van der Waals surface area contributed by atoms with Crippen molar-refractivity contribution in [2.24, 2.45) is 5.92 Å². The van der Waals surface area contributed by atoms with Crippen LogP contribution in [0.1, 0.15) is 78.7 Å². The molecule has 162 valence electrons. The number of alkyl halides is 2. The Morgan fingerprint density at radius 3 is 2.40 bits per heavy atom. The third-order valence-electron chi connectivity index (χ3n) is 5.83. The first-order valence-electron chi connectivity index (χ1n) is 9.85. The van der Waals surface area contributed by atoms with Crippen molar-refractivity contribution in [1.29, 1.82) is 0 Å². The summed E-state index contributed by atoms with van der Waals surface area (Å²) in [5.41, 5.74) is 0.688. The molecule has 30 heavy (non-hydrogen) atoms. The molecule has 2 aromatic rings. The van der Waals surface area contributed by atoms with E-state index in [0.717, 1.165) is 6.92 Å². The van der Waals surface area contributed by atoms with E-state index in [0.29, 0.717) is 31.2 Å². The predicted octanol–water partition coefficient (Wildman–Crippen LogP) is 5.15. The maximum absolute atomic E-state index is 14.7. The molecule has 1 fully saturated rings. The molecule has 0 spiro atoms. The molecular formula is C21H24ClF2N3O3. The van der Waals surface area contributed by atoms with Crippen molar-refractivity contribution in [3.8, 4) is 0 Å². The summed E-state index contributed by atoms with van der Waals surface area (Å²) in [4.78, 5) is 28.2. The van der Waals surface area contributed by atoms with Gasteiger partial charge in [0.15, 0.2) is 5.78 Å². The van der Waals surface area contributed by atoms with Crippen LogP contribution in [0.2, 0.25) is 5.02 Å². The Morgan fingerprint density at radius 2 is 1.87 bits per heavy atom. The topological polar surface area (TPSA) is 85.1 Å². The zero-order valence-electron chi connectivity index (χ0n) is 17.0. The van der Waals surface area contributed by atoms with Crippen molar-refractivity contribution in [1.82, 2.24) is 14.8 Å². The van der Waals surface area contributed by atoms with Crippen LogP contribution in [0.25, 0.3) is 0 Å². The third-order valence-corrected chi connectivity index (χ3v) is 6.11. The molecule has 0 aliphatic heterocycles. The molecule has 0 saturated heterocycles. The SMILES string of the molecule is Cc1cncc(Cl)c1C(=O)[C@@H](C)c1cnn(C2CCC(C(=O)O)CC2)c1C(C)(F)F. The number of nitrogens with zero attached hydrogens (tertiary/aromatic N) is 3. The van der Waals surface area contributed by atoms with E-state index in [1.54, 1.807) is 13.8 Å². The average Bonchev–Trinajstić information content (AvgIpc) is 3.12. The number of aliphatic carboxylic acids is 1. The lowest BCUT2D eigenvalue weighted by atomic mass is 9.85. The summed E-state index contributed by atoms with van der Waals surface area (Å²) in [6.45, 7) is 4.05. The second kappa shape index (κ2) is 8.41. The molecule has 2 heterocycles. The lowest BCUT2D eigenvalue weighted by Gasteiger charge is -2.29. The van der Waals surface area contributed by atoms with E-state index in [4.69, 9.17) is 11.6 Å². The van der Waals surface area contributed by atoms with Crippen LogP contribution in [0.15, 0.2) is 18.6 Å². The van der Waals surface area contributed by atoms with Gasteiger partial charge in [-0.3, -0.25) is 19.3 Å². The summed E-state index contributed by atoms with van der Waals surface area (Å²) in [7, 11) is 0. The lowest BCUT2D eigenvalue weighted by molar-refractivity contribution is -0.143. The van der Waals surface area contributed by atoms with E-state index in [-0.39, 0.29) is 33.7 Å². The highest BCUT2D eigenvalue weighted by molar-refractivity contribution is 6.34. The zero-order chi connectivity index (χ0) is 22.2. The fourth-order valence-corrected chi connectivity index (χ4v) is 4.49. The Kier molecular flexibility index (Phi) is 6.26. The van der Waals surface area contributed by atoms with Crippen LogP contribution in [0.3, 0.4) is 0 Å². The number of rotatable bonds is 6. The molecule has 1 aliphatic carbocycles. The first-order valence-corrected chi connectivity index (χ1v) is 10.2. The molecular weight excluding hydrogens is 416 g/mol. The van der Waals surface area contributed by atoms with Gasteiger partial charge < -0.3 is 5.11 Å². The molecule has 6 nitrogen and oxygen atoms in total. The van der Waals surface area contributed by atoms with Crippen molar-refractivity contribution in [3.63, 3.8) is 0 Å². The predicted molar refractivity (Wildman–Crippen MR) is 107 cm³/mol. The molecule has 1 atom stereocenters. The van der Waals surface area contributed by atoms with Crippen LogP contribution in [-0.2, 0) is 10.7 Å². The van der Waals surface area contributed by atoms with Crippen molar-refractivity contribution >= 4 is 23.4 Å². The number of hydrogen-bond donors (Lipinski definition) is 1. The number of pyridine rings is 1. The van der Waals surface area contributed by atoms with E-state index >= 15 is 0 Å². The number of carbonyl (C=O) groups excluding carboxylic acids is 1. The highest BCUT2D eigenvalue weighted by atomic mass is 35.5. The van der Waals surface area contributed by atoms with Gasteiger partial charge in [-0.2, -0.15) is 13.9 Å². The zero-order valence-corrected chi connectivity index (χ0v) is 17.8. The normalized spacial score (nSPS) is 20.7. The number of aryl methyl sites for hydroxylation is 1. The maximum atomic E-state index is 14.7. The van der Waals surface area contributed by atoms with Crippen molar-refractivity contribution in [2.45, 2.75) is 64.3 Å². The van der Waals surface area contributed by atoms with Crippen molar-refractivity contribution in [2.75, 3.05) is 0 Å². The third kappa shape index (κ3) is 4.24. The minimum atomic E-state index is -3.22.